The predicted molar refractivity (Wildman–Crippen MR) is 107 cm³/mol. The number of aromatic nitrogens is 1. The van der Waals surface area contributed by atoms with Crippen molar-refractivity contribution in [3.63, 3.8) is 0 Å². The summed E-state index contributed by atoms with van der Waals surface area (Å²) in [7, 11) is -3.53. The zero-order valence-electron chi connectivity index (χ0n) is 15.8. The van der Waals surface area contributed by atoms with Crippen molar-refractivity contribution < 1.29 is 17.6 Å². The second kappa shape index (κ2) is 8.18. The van der Waals surface area contributed by atoms with Gasteiger partial charge in [0, 0.05) is 31.7 Å². The van der Waals surface area contributed by atoms with Gasteiger partial charge in [0.25, 0.3) is 0 Å². The number of benzene rings is 2. The molecule has 4 rings (SSSR count). The van der Waals surface area contributed by atoms with Gasteiger partial charge in [0.05, 0.1) is 17.0 Å². The van der Waals surface area contributed by atoms with E-state index in [-0.39, 0.29) is 30.3 Å². The molecule has 1 amide bonds. The zero-order valence-corrected chi connectivity index (χ0v) is 16.6. The molecule has 1 aromatic heterocycles. The van der Waals surface area contributed by atoms with Gasteiger partial charge < -0.3 is 9.32 Å². The van der Waals surface area contributed by atoms with Gasteiger partial charge in [0.15, 0.2) is 0 Å². The topological polar surface area (TPSA) is 83.7 Å². The van der Waals surface area contributed by atoms with Crippen LogP contribution in [0.1, 0.15) is 5.69 Å². The molecule has 3 aromatic rings. The smallest absolute Gasteiger partial charge is 0.243 e. The first kappa shape index (κ1) is 19.4. The van der Waals surface area contributed by atoms with E-state index >= 15 is 0 Å². The van der Waals surface area contributed by atoms with E-state index in [0.717, 1.165) is 5.56 Å². The van der Waals surface area contributed by atoms with E-state index in [1.807, 2.05) is 30.3 Å². The van der Waals surface area contributed by atoms with Crippen molar-refractivity contribution in [2.75, 3.05) is 26.2 Å². The lowest BCUT2D eigenvalue weighted by molar-refractivity contribution is -0.131. The normalized spacial score (nSPS) is 15.4. The Bertz CT molecular complexity index is 1070. The maximum Gasteiger partial charge on any atom is 0.243 e. The lowest BCUT2D eigenvalue weighted by Gasteiger charge is -2.34. The fourth-order valence-electron chi connectivity index (χ4n) is 3.29. The summed E-state index contributed by atoms with van der Waals surface area (Å²) in [6.07, 6.45) is 1.62. The van der Waals surface area contributed by atoms with Crippen molar-refractivity contribution in [2.24, 2.45) is 0 Å². The zero-order chi connectivity index (χ0) is 20.3. The summed E-state index contributed by atoms with van der Waals surface area (Å²) >= 11 is 0. The Labute approximate surface area is 169 Å². The fraction of sp³-hybridized carbons (Fsp3) is 0.238. The number of amides is 1. The summed E-state index contributed by atoms with van der Waals surface area (Å²) in [5.74, 6) is 0.391. The van der Waals surface area contributed by atoms with Crippen LogP contribution in [-0.2, 0) is 21.2 Å². The highest BCUT2D eigenvalue weighted by Gasteiger charge is 2.30. The molecular weight excluding hydrogens is 390 g/mol. The van der Waals surface area contributed by atoms with Gasteiger partial charge in [-0.2, -0.15) is 4.31 Å². The van der Waals surface area contributed by atoms with E-state index in [4.69, 9.17) is 4.42 Å². The molecule has 0 atom stereocenters. The SMILES string of the molecule is O=C(Cc1coc(-c2ccccc2)n1)N1CCN(S(=O)(=O)c2ccccc2)CC1. The number of sulfonamides is 1. The molecule has 0 unspecified atom stereocenters. The number of oxazole rings is 1. The predicted octanol–water partition coefficient (Wildman–Crippen LogP) is 2.42. The minimum atomic E-state index is -3.53. The molecule has 8 heteroatoms. The van der Waals surface area contributed by atoms with Gasteiger partial charge in [-0.3, -0.25) is 4.79 Å². The molecule has 1 aliphatic heterocycles. The van der Waals surface area contributed by atoms with Crippen LogP contribution >= 0.6 is 0 Å². The number of piperazine rings is 1. The quantitative estimate of drug-likeness (QED) is 0.644. The van der Waals surface area contributed by atoms with Gasteiger partial charge in [0.1, 0.15) is 6.26 Å². The molecule has 0 aliphatic carbocycles. The van der Waals surface area contributed by atoms with Crippen LogP contribution in [0.2, 0.25) is 0 Å². The molecule has 2 aromatic carbocycles. The minimum Gasteiger partial charge on any atom is -0.444 e. The molecule has 0 N–H and O–H groups in total. The highest BCUT2D eigenvalue weighted by Crippen LogP contribution is 2.20. The van der Waals surface area contributed by atoms with Crippen LogP contribution in [0.3, 0.4) is 0 Å². The average molecular weight is 411 g/mol. The van der Waals surface area contributed by atoms with E-state index in [9.17, 15) is 13.2 Å². The average Bonchev–Trinajstić information content (AvgIpc) is 3.23. The number of rotatable bonds is 5. The van der Waals surface area contributed by atoms with Gasteiger partial charge in [-0.25, -0.2) is 13.4 Å². The Morgan fingerprint density at radius 2 is 1.55 bits per heavy atom. The molecule has 0 radical (unpaired) electrons. The third-order valence-electron chi connectivity index (χ3n) is 4.88. The maximum absolute atomic E-state index is 12.7. The van der Waals surface area contributed by atoms with Crippen molar-refractivity contribution in [2.45, 2.75) is 11.3 Å². The molecule has 1 saturated heterocycles. The van der Waals surface area contributed by atoms with E-state index in [1.54, 1.807) is 35.2 Å². The number of carbonyl (C=O) groups is 1. The lowest BCUT2D eigenvalue weighted by Crippen LogP contribution is -2.50. The van der Waals surface area contributed by atoms with Crippen LogP contribution < -0.4 is 0 Å². The Hall–Kier alpha value is -2.97. The summed E-state index contributed by atoms with van der Waals surface area (Å²) in [6, 6.07) is 17.8. The van der Waals surface area contributed by atoms with Crippen LogP contribution in [0.25, 0.3) is 11.5 Å². The molecule has 1 aliphatic rings. The highest BCUT2D eigenvalue weighted by molar-refractivity contribution is 7.89. The highest BCUT2D eigenvalue weighted by atomic mass is 32.2. The number of carbonyl (C=O) groups excluding carboxylic acids is 1. The first-order chi connectivity index (χ1) is 14.0. The molecular formula is C21H21N3O4S. The van der Waals surface area contributed by atoms with Crippen molar-refractivity contribution in [3.05, 3.63) is 72.6 Å². The molecule has 150 valence electrons. The van der Waals surface area contributed by atoms with Crippen LogP contribution in [0.15, 0.2) is 76.2 Å². The van der Waals surface area contributed by atoms with Gasteiger partial charge in [-0.05, 0) is 24.3 Å². The van der Waals surface area contributed by atoms with Crippen molar-refractivity contribution in [1.29, 1.82) is 0 Å². The van der Waals surface area contributed by atoms with Crippen LogP contribution in [0.5, 0.6) is 0 Å². The van der Waals surface area contributed by atoms with Crippen molar-refractivity contribution in [3.8, 4) is 11.5 Å². The Kier molecular flexibility index (Phi) is 5.46. The minimum absolute atomic E-state index is 0.0883. The second-order valence-electron chi connectivity index (χ2n) is 6.78. The van der Waals surface area contributed by atoms with Crippen LogP contribution in [-0.4, -0.2) is 54.7 Å². The van der Waals surface area contributed by atoms with E-state index in [2.05, 4.69) is 4.98 Å². The van der Waals surface area contributed by atoms with Crippen molar-refractivity contribution in [1.82, 2.24) is 14.2 Å². The standard InChI is InChI=1S/C21H21N3O4S/c25-20(15-18-16-28-21(22-18)17-7-3-1-4-8-17)23-11-13-24(14-12-23)29(26,27)19-9-5-2-6-10-19/h1-10,16H,11-15H2. The fourth-order valence-corrected chi connectivity index (χ4v) is 4.73. The van der Waals surface area contributed by atoms with Gasteiger partial charge >= 0.3 is 0 Å². The molecule has 0 bridgehead atoms. The monoisotopic (exact) mass is 411 g/mol. The molecule has 2 heterocycles. The number of hydrogen-bond acceptors (Lipinski definition) is 5. The first-order valence-electron chi connectivity index (χ1n) is 9.37. The number of nitrogens with zero attached hydrogens (tertiary/aromatic N) is 3. The van der Waals surface area contributed by atoms with Crippen LogP contribution in [0.4, 0.5) is 0 Å². The Morgan fingerprint density at radius 1 is 0.931 bits per heavy atom. The Morgan fingerprint density at radius 3 is 2.21 bits per heavy atom. The summed E-state index contributed by atoms with van der Waals surface area (Å²) in [6.45, 7) is 1.26. The molecule has 29 heavy (non-hydrogen) atoms. The summed E-state index contributed by atoms with van der Waals surface area (Å²) in [4.78, 5) is 19.0. The largest absolute Gasteiger partial charge is 0.444 e. The van der Waals surface area contributed by atoms with Gasteiger partial charge in [-0.15, -0.1) is 0 Å². The van der Waals surface area contributed by atoms with E-state index in [0.29, 0.717) is 24.7 Å². The summed E-state index contributed by atoms with van der Waals surface area (Å²) in [5.41, 5.74) is 1.42. The molecule has 0 saturated carbocycles. The van der Waals surface area contributed by atoms with Gasteiger partial charge in [-0.1, -0.05) is 36.4 Å². The lowest BCUT2D eigenvalue weighted by atomic mass is 10.2. The van der Waals surface area contributed by atoms with Crippen molar-refractivity contribution >= 4 is 15.9 Å². The molecule has 7 nitrogen and oxygen atoms in total. The number of hydrogen-bond donors (Lipinski definition) is 0. The first-order valence-corrected chi connectivity index (χ1v) is 10.8. The Balaban J connectivity index is 1.36. The third-order valence-corrected chi connectivity index (χ3v) is 6.79. The van der Waals surface area contributed by atoms with E-state index in [1.165, 1.54) is 10.6 Å². The van der Waals surface area contributed by atoms with E-state index < -0.39 is 10.0 Å². The molecule has 1 fully saturated rings. The summed E-state index contributed by atoms with van der Waals surface area (Å²) in [5, 5.41) is 0. The molecule has 0 spiro atoms. The van der Waals surface area contributed by atoms with Gasteiger partial charge in [0.2, 0.25) is 21.8 Å². The summed E-state index contributed by atoms with van der Waals surface area (Å²) < 4.78 is 32.3. The van der Waals surface area contributed by atoms with Crippen LogP contribution in [0, 0.1) is 0 Å². The maximum atomic E-state index is 12.7. The second-order valence-corrected chi connectivity index (χ2v) is 8.72. The third kappa shape index (κ3) is 4.23.